The van der Waals surface area contributed by atoms with Gasteiger partial charge in [0.25, 0.3) is 0 Å². The van der Waals surface area contributed by atoms with E-state index < -0.39 is 0 Å². The normalized spacial score (nSPS) is 10.4. The van der Waals surface area contributed by atoms with Crippen LogP contribution in [0.25, 0.3) is 0 Å². The largest absolute Gasteiger partial charge is 0.377 e. The van der Waals surface area contributed by atoms with Gasteiger partial charge in [-0.1, -0.05) is 15.9 Å². The van der Waals surface area contributed by atoms with Crippen LogP contribution in [0.5, 0.6) is 0 Å². The van der Waals surface area contributed by atoms with Crippen LogP contribution in [-0.2, 0) is 13.6 Å². The molecule has 0 amide bonds. The molecule has 0 aliphatic carbocycles. The Labute approximate surface area is 101 Å². The van der Waals surface area contributed by atoms with Gasteiger partial charge in [0.2, 0.25) is 0 Å². The molecule has 0 atom stereocenters. The van der Waals surface area contributed by atoms with E-state index in [-0.39, 0.29) is 5.82 Å². The van der Waals surface area contributed by atoms with Crippen molar-refractivity contribution in [1.82, 2.24) is 9.78 Å². The maximum Gasteiger partial charge on any atom is 0.147 e. The van der Waals surface area contributed by atoms with Crippen LogP contribution in [0.4, 0.5) is 10.1 Å². The van der Waals surface area contributed by atoms with Crippen molar-refractivity contribution in [3.05, 3.63) is 46.4 Å². The molecule has 0 saturated heterocycles. The first kappa shape index (κ1) is 11.1. The lowest BCUT2D eigenvalue weighted by molar-refractivity contribution is 0.628. The van der Waals surface area contributed by atoms with Crippen molar-refractivity contribution in [3.8, 4) is 0 Å². The number of hydrogen-bond acceptors (Lipinski definition) is 2. The molecule has 0 bridgehead atoms. The summed E-state index contributed by atoms with van der Waals surface area (Å²) in [5.74, 6) is -0.267. The highest BCUT2D eigenvalue weighted by Gasteiger charge is 2.03. The van der Waals surface area contributed by atoms with Crippen molar-refractivity contribution in [3.63, 3.8) is 0 Å². The predicted octanol–water partition coefficient (Wildman–Crippen LogP) is 2.93. The molecule has 1 heterocycles. The molecule has 5 heteroatoms. The highest BCUT2D eigenvalue weighted by atomic mass is 79.9. The maximum absolute atomic E-state index is 13.5. The van der Waals surface area contributed by atoms with Crippen molar-refractivity contribution < 1.29 is 4.39 Å². The summed E-state index contributed by atoms with van der Waals surface area (Å²) in [7, 11) is 1.86. The van der Waals surface area contributed by atoms with E-state index in [4.69, 9.17) is 0 Å². The zero-order chi connectivity index (χ0) is 11.5. The molecule has 0 spiro atoms. The number of hydrogen-bond donors (Lipinski definition) is 1. The van der Waals surface area contributed by atoms with Crippen LogP contribution in [0.3, 0.4) is 0 Å². The minimum Gasteiger partial charge on any atom is -0.377 e. The van der Waals surface area contributed by atoms with Crippen LogP contribution in [0.2, 0.25) is 0 Å². The molecule has 1 N–H and O–H groups in total. The first-order valence-electron chi connectivity index (χ1n) is 4.82. The SMILES string of the molecule is Cn1nccc1CNc1ccc(Br)cc1F. The molecule has 2 aromatic rings. The van der Waals surface area contributed by atoms with Crippen molar-refractivity contribution in [2.45, 2.75) is 6.54 Å². The zero-order valence-electron chi connectivity index (χ0n) is 8.74. The quantitative estimate of drug-likeness (QED) is 0.939. The van der Waals surface area contributed by atoms with Gasteiger partial charge in [-0.2, -0.15) is 5.10 Å². The second-order valence-electron chi connectivity index (χ2n) is 3.42. The van der Waals surface area contributed by atoms with E-state index in [0.717, 1.165) is 10.2 Å². The molecule has 0 unspecified atom stereocenters. The second kappa shape index (κ2) is 4.65. The van der Waals surface area contributed by atoms with E-state index >= 15 is 0 Å². The Morgan fingerprint density at radius 1 is 1.44 bits per heavy atom. The highest BCUT2D eigenvalue weighted by molar-refractivity contribution is 9.10. The monoisotopic (exact) mass is 283 g/mol. The minimum absolute atomic E-state index is 0.267. The van der Waals surface area contributed by atoms with Crippen molar-refractivity contribution in [2.75, 3.05) is 5.32 Å². The highest BCUT2D eigenvalue weighted by Crippen LogP contribution is 2.19. The van der Waals surface area contributed by atoms with Crippen molar-refractivity contribution in [1.29, 1.82) is 0 Å². The Hall–Kier alpha value is -1.36. The molecular weight excluding hydrogens is 273 g/mol. The van der Waals surface area contributed by atoms with Crippen LogP contribution in [-0.4, -0.2) is 9.78 Å². The Morgan fingerprint density at radius 2 is 2.25 bits per heavy atom. The van der Waals surface area contributed by atoms with Gasteiger partial charge in [-0.25, -0.2) is 4.39 Å². The van der Waals surface area contributed by atoms with Gasteiger partial charge in [0.1, 0.15) is 5.82 Å². The van der Waals surface area contributed by atoms with Gasteiger partial charge < -0.3 is 5.32 Å². The summed E-state index contributed by atoms with van der Waals surface area (Å²) < 4.78 is 16.0. The average molecular weight is 284 g/mol. The van der Waals surface area contributed by atoms with E-state index in [9.17, 15) is 4.39 Å². The Balaban J connectivity index is 2.08. The molecule has 2 rings (SSSR count). The molecule has 1 aromatic carbocycles. The smallest absolute Gasteiger partial charge is 0.147 e. The summed E-state index contributed by atoms with van der Waals surface area (Å²) in [6.07, 6.45) is 1.72. The van der Waals surface area contributed by atoms with Gasteiger partial charge in [0, 0.05) is 17.7 Å². The molecule has 0 aliphatic rings. The number of aryl methyl sites for hydroxylation is 1. The van der Waals surface area contributed by atoms with Crippen molar-refractivity contribution >= 4 is 21.6 Å². The molecule has 0 radical (unpaired) electrons. The van der Waals surface area contributed by atoms with E-state index in [1.165, 1.54) is 6.07 Å². The van der Waals surface area contributed by atoms with Gasteiger partial charge in [-0.05, 0) is 24.3 Å². The summed E-state index contributed by atoms with van der Waals surface area (Å²) in [5.41, 5.74) is 1.49. The van der Waals surface area contributed by atoms with Crippen LogP contribution >= 0.6 is 15.9 Å². The zero-order valence-corrected chi connectivity index (χ0v) is 10.3. The Kier molecular flexibility index (Phi) is 3.24. The minimum atomic E-state index is -0.267. The van der Waals surface area contributed by atoms with E-state index in [1.807, 2.05) is 13.1 Å². The fourth-order valence-corrected chi connectivity index (χ4v) is 1.73. The fraction of sp³-hybridized carbons (Fsp3) is 0.182. The van der Waals surface area contributed by atoms with Crippen LogP contribution in [0.15, 0.2) is 34.9 Å². The maximum atomic E-state index is 13.5. The molecule has 84 valence electrons. The molecule has 3 nitrogen and oxygen atoms in total. The molecule has 0 saturated carbocycles. The molecule has 1 aromatic heterocycles. The summed E-state index contributed by atoms with van der Waals surface area (Å²) in [4.78, 5) is 0. The first-order valence-corrected chi connectivity index (χ1v) is 5.62. The second-order valence-corrected chi connectivity index (χ2v) is 4.34. The number of halogens is 2. The lowest BCUT2D eigenvalue weighted by Gasteiger charge is -2.07. The van der Waals surface area contributed by atoms with E-state index in [0.29, 0.717) is 12.2 Å². The average Bonchev–Trinajstić information content (AvgIpc) is 2.63. The van der Waals surface area contributed by atoms with E-state index in [2.05, 4.69) is 26.3 Å². The Morgan fingerprint density at radius 3 is 2.88 bits per heavy atom. The topological polar surface area (TPSA) is 29.9 Å². The number of aromatic nitrogens is 2. The lowest BCUT2D eigenvalue weighted by atomic mass is 10.3. The third kappa shape index (κ3) is 2.41. The fourth-order valence-electron chi connectivity index (χ4n) is 1.39. The standard InChI is InChI=1S/C11H11BrFN3/c1-16-9(4-5-15-16)7-14-11-3-2-8(12)6-10(11)13/h2-6,14H,7H2,1H3. The van der Waals surface area contributed by atoms with Crippen molar-refractivity contribution in [2.24, 2.45) is 7.05 Å². The van der Waals surface area contributed by atoms with Gasteiger partial charge in [-0.3, -0.25) is 4.68 Å². The third-order valence-electron chi connectivity index (χ3n) is 2.31. The summed E-state index contributed by atoms with van der Waals surface area (Å²) in [5, 5.41) is 7.07. The summed E-state index contributed by atoms with van der Waals surface area (Å²) >= 11 is 3.22. The van der Waals surface area contributed by atoms with Crippen LogP contribution in [0.1, 0.15) is 5.69 Å². The number of rotatable bonds is 3. The van der Waals surface area contributed by atoms with Gasteiger partial charge in [0.05, 0.1) is 17.9 Å². The number of nitrogens with one attached hydrogen (secondary N) is 1. The van der Waals surface area contributed by atoms with Crippen LogP contribution in [0, 0.1) is 5.82 Å². The third-order valence-corrected chi connectivity index (χ3v) is 2.81. The lowest BCUT2D eigenvalue weighted by Crippen LogP contribution is -2.06. The first-order chi connectivity index (χ1) is 7.66. The summed E-state index contributed by atoms with van der Waals surface area (Å²) in [6, 6.07) is 6.83. The molecule has 0 fully saturated rings. The number of nitrogens with zero attached hydrogens (tertiary/aromatic N) is 2. The predicted molar refractivity (Wildman–Crippen MR) is 64.6 cm³/mol. The Bertz CT molecular complexity index is 496. The summed E-state index contributed by atoms with van der Waals surface area (Å²) in [6.45, 7) is 0.551. The molecular formula is C11H11BrFN3. The number of benzene rings is 1. The molecule has 0 aliphatic heterocycles. The van der Waals surface area contributed by atoms with Gasteiger partial charge in [0.15, 0.2) is 0 Å². The molecule has 16 heavy (non-hydrogen) atoms. The van der Waals surface area contributed by atoms with Gasteiger partial charge >= 0.3 is 0 Å². The van der Waals surface area contributed by atoms with Gasteiger partial charge in [-0.15, -0.1) is 0 Å². The van der Waals surface area contributed by atoms with E-state index in [1.54, 1.807) is 23.0 Å². The number of anilines is 1. The van der Waals surface area contributed by atoms with Crippen LogP contribution < -0.4 is 5.32 Å².